The summed E-state index contributed by atoms with van der Waals surface area (Å²) < 4.78 is 64.9. The molecule has 0 bridgehead atoms. The van der Waals surface area contributed by atoms with Crippen LogP contribution in [0.3, 0.4) is 0 Å². The fourth-order valence-corrected chi connectivity index (χ4v) is 2.42. The van der Waals surface area contributed by atoms with Crippen LogP contribution in [0.4, 0.5) is 22.0 Å². The number of alkyl halides is 3. The molecule has 0 unspecified atom stereocenters. The molecule has 21 heavy (non-hydrogen) atoms. The van der Waals surface area contributed by atoms with E-state index >= 15 is 0 Å². The zero-order chi connectivity index (χ0) is 15.8. The van der Waals surface area contributed by atoms with Crippen LogP contribution in [-0.4, -0.2) is 30.1 Å². The summed E-state index contributed by atoms with van der Waals surface area (Å²) in [6.07, 6.45) is -3.98. The second-order valence-electron chi connectivity index (χ2n) is 4.47. The van der Waals surface area contributed by atoms with Gasteiger partial charge < -0.3 is 4.90 Å². The maximum atomic E-state index is 13.7. The minimum absolute atomic E-state index is 0.131. The third-order valence-corrected chi connectivity index (χ3v) is 3.54. The summed E-state index contributed by atoms with van der Waals surface area (Å²) in [5.41, 5.74) is -1.50. The molecule has 0 radical (unpaired) electrons. The molecule has 1 aromatic carbocycles. The minimum atomic E-state index is -4.44. The quantitative estimate of drug-likeness (QED) is 0.539. The summed E-state index contributed by atoms with van der Waals surface area (Å²) in [5, 5.41) is 0. The van der Waals surface area contributed by atoms with E-state index in [0.29, 0.717) is 0 Å². The second kappa shape index (κ2) is 5.75. The highest BCUT2D eigenvalue weighted by atomic mass is 79.9. The molecule has 0 atom stereocenters. The first-order valence-electron chi connectivity index (χ1n) is 5.90. The molecule has 114 valence electrons. The molecule has 2 nitrogen and oxygen atoms in total. The van der Waals surface area contributed by atoms with E-state index in [-0.39, 0.29) is 17.6 Å². The standard InChI is InChI=1S/C13H9BrF5NO/c14-8-5-9(15)11(10(16)6-8)12(21)20-3-1-7(2-4-20)13(17,18)19/h1,5-6H,2-4H2. The van der Waals surface area contributed by atoms with E-state index in [2.05, 4.69) is 15.9 Å². The number of hydrogen-bond donors (Lipinski definition) is 0. The Morgan fingerprint density at radius 3 is 2.19 bits per heavy atom. The topological polar surface area (TPSA) is 20.3 Å². The van der Waals surface area contributed by atoms with Crippen molar-refractivity contribution in [1.82, 2.24) is 4.90 Å². The molecule has 1 aromatic rings. The number of carbonyl (C=O) groups excluding carboxylic acids is 1. The van der Waals surface area contributed by atoms with Crippen LogP contribution >= 0.6 is 15.9 Å². The first-order valence-corrected chi connectivity index (χ1v) is 6.69. The zero-order valence-electron chi connectivity index (χ0n) is 10.5. The predicted molar refractivity (Wildman–Crippen MR) is 68.7 cm³/mol. The number of amides is 1. The lowest BCUT2D eigenvalue weighted by atomic mass is 10.1. The molecule has 0 aliphatic carbocycles. The Kier molecular flexibility index (Phi) is 4.36. The Balaban J connectivity index is 2.22. The molecule has 1 amide bonds. The molecule has 1 heterocycles. The summed E-state index contributed by atoms with van der Waals surface area (Å²) in [4.78, 5) is 13.0. The van der Waals surface area contributed by atoms with Gasteiger partial charge in [-0.1, -0.05) is 22.0 Å². The van der Waals surface area contributed by atoms with Crippen molar-refractivity contribution >= 4 is 21.8 Å². The van der Waals surface area contributed by atoms with Crippen molar-refractivity contribution < 1.29 is 26.7 Å². The monoisotopic (exact) mass is 369 g/mol. The molecular weight excluding hydrogens is 361 g/mol. The Labute approximate surface area is 125 Å². The molecule has 0 fully saturated rings. The van der Waals surface area contributed by atoms with E-state index in [4.69, 9.17) is 0 Å². The van der Waals surface area contributed by atoms with Crippen LogP contribution in [0, 0.1) is 11.6 Å². The highest BCUT2D eigenvalue weighted by Crippen LogP contribution is 2.31. The number of carbonyl (C=O) groups is 1. The van der Waals surface area contributed by atoms with Crippen molar-refractivity contribution in [2.24, 2.45) is 0 Å². The van der Waals surface area contributed by atoms with E-state index in [1.54, 1.807) is 0 Å². The second-order valence-corrected chi connectivity index (χ2v) is 5.39. The van der Waals surface area contributed by atoms with Crippen LogP contribution < -0.4 is 0 Å². The lowest BCUT2D eigenvalue weighted by Crippen LogP contribution is -2.37. The van der Waals surface area contributed by atoms with Crippen molar-refractivity contribution in [1.29, 1.82) is 0 Å². The van der Waals surface area contributed by atoms with Crippen LogP contribution in [0.25, 0.3) is 0 Å². The zero-order valence-corrected chi connectivity index (χ0v) is 12.1. The van der Waals surface area contributed by atoms with Gasteiger partial charge in [0.1, 0.15) is 17.2 Å². The Bertz CT molecular complexity index is 588. The molecular formula is C13H9BrF5NO. The van der Waals surface area contributed by atoms with E-state index in [1.807, 2.05) is 0 Å². The van der Waals surface area contributed by atoms with Crippen molar-refractivity contribution in [3.8, 4) is 0 Å². The highest BCUT2D eigenvalue weighted by molar-refractivity contribution is 9.10. The number of halogens is 6. The van der Waals surface area contributed by atoms with Crippen molar-refractivity contribution in [2.45, 2.75) is 12.6 Å². The SMILES string of the molecule is O=C(c1c(F)cc(Br)cc1F)N1CC=C(C(F)(F)F)CC1. The minimum Gasteiger partial charge on any atom is -0.334 e. The van der Waals surface area contributed by atoms with Gasteiger partial charge in [-0.05, 0) is 18.6 Å². The largest absolute Gasteiger partial charge is 0.412 e. The molecule has 0 N–H and O–H groups in total. The number of rotatable bonds is 1. The Morgan fingerprint density at radius 2 is 1.76 bits per heavy atom. The predicted octanol–water partition coefficient (Wildman–Crippen LogP) is 4.06. The Hall–Kier alpha value is -1.44. The number of hydrogen-bond acceptors (Lipinski definition) is 1. The van der Waals surface area contributed by atoms with Crippen LogP contribution in [-0.2, 0) is 0 Å². The van der Waals surface area contributed by atoms with Gasteiger partial charge >= 0.3 is 6.18 Å². The first kappa shape index (κ1) is 15.9. The van der Waals surface area contributed by atoms with Gasteiger partial charge in [0, 0.05) is 23.1 Å². The van der Waals surface area contributed by atoms with Gasteiger partial charge in [0.2, 0.25) is 0 Å². The fourth-order valence-electron chi connectivity index (χ4n) is 2.02. The summed E-state index contributed by atoms with van der Waals surface area (Å²) in [5.74, 6) is -3.08. The van der Waals surface area contributed by atoms with E-state index in [9.17, 15) is 26.7 Å². The van der Waals surface area contributed by atoms with Gasteiger partial charge in [-0.3, -0.25) is 4.79 Å². The van der Waals surface area contributed by atoms with Gasteiger partial charge in [0.05, 0.1) is 0 Å². The van der Waals surface area contributed by atoms with E-state index in [0.717, 1.165) is 23.1 Å². The lowest BCUT2D eigenvalue weighted by Gasteiger charge is -2.27. The van der Waals surface area contributed by atoms with Crippen LogP contribution in [0.15, 0.2) is 28.3 Å². The van der Waals surface area contributed by atoms with Crippen LogP contribution in [0.1, 0.15) is 16.8 Å². The lowest BCUT2D eigenvalue weighted by molar-refractivity contribution is -0.0957. The highest BCUT2D eigenvalue weighted by Gasteiger charge is 2.36. The van der Waals surface area contributed by atoms with Gasteiger partial charge in [0.25, 0.3) is 5.91 Å². The van der Waals surface area contributed by atoms with E-state index in [1.165, 1.54) is 0 Å². The van der Waals surface area contributed by atoms with Gasteiger partial charge in [0.15, 0.2) is 0 Å². The molecule has 2 rings (SSSR count). The average molecular weight is 370 g/mol. The fraction of sp³-hybridized carbons (Fsp3) is 0.308. The van der Waals surface area contributed by atoms with Gasteiger partial charge in [-0.15, -0.1) is 0 Å². The molecule has 0 saturated carbocycles. The number of benzene rings is 1. The summed E-state index contributed by atoms with van der Waals surface area (Å²) in [7, 11) is 0. The van der Waals surface area contributed by atoms with Crippen molar-refractivity contribution in [3.63, 3.8) is 0 Å². The third kappa shape index (κ3) is 3.42. The molecule has 1 aliphatic heterocycles. The van der Waals surface area contributed by atoms with Crippen LogP contribution in [0.5, 0.6) is 0 Å². The Morgan fingerprint density at radius 1 is 1.19 bits per heavy atom. The van der Waals surface area contributed by atoms with Crippen molar-refractivity contribution in [2.75, 3.05) is 13.1 Å². The summed E-state index contributed by atoms with van der Waals surface area (Å²) in [6.45, 7) is -0.568. The first-order chi connectivity index (χ1) is 9.70. The third-order valence-electron chi connectivity index (χ3n) is 3.08. The maximum Gasteiger partial charge on any atom is 0.412 e. The normalized spacial score (nSPS) is 15.9. The van der Waals surface area contributed by atoms with Gasteiger partial charge in [-0.2, -0.15) is 13.2 Å². The number of nitrogens with zero attached hydrogens (tertiary/aromatic N) is 1. The molecule has 0 saturated heterocycles. The molecule has 1 aliphatic rings. The van der Waals surface area contributed by atoms with Crippen molar-refractivity contribution in [3.05, 3.63) is 45.5 Å². The van der Waals surface area contributed by atoms with E-state index < -0.39 is 41.3 Å². The van der Waals surface area contributed by atoms with Gasteiger partial charge in [-0.25, -0.2) is 8.78 Å². The molecule has 0 spiro atoms. The molecule has 0 aromatic heterocycles. The smallest absolute Gasteiger partial charge is 0.334 e. The maximum absolute atomic E-state index is 13.7. The summed E-state index contributed by atoms with van der Waals surface area (Å²) >= 11 is 2.88. The molecule has 8 heteroatoms. The average Bonchev–Trinajstić information content (AvgIpc) is 2.36. The summed E-state index contributed by atoms with van der Waals surface area (Å²) in [6, 6.07) is 1.86. The van der Waals surface area contributed by atoms with Crippen LogP contribution in [0.2, 0.25) is 0 Å².